The van der Waals surface area contributed by atoms with Gasteiger partial charge >= 0.3 is 6.03 Å². The standard InChI is InChI=1S/C21H20F2N4O3S.C2H6/c22-14-1-2-17-18(9-14)31-20(25-17)26-21(30)27-5-3-13(4-6-27)19-16(23)8-12(10-24-19)7-15(29)11-28;1-2/h1-3,8-10,15,28-29H,4-7,11H2,(H,25,26,30);1-2H3/t15-;/m1./s1. The highest BCUT2D eigenvalue weighted by Gasteiger charge is 2.21. The summed E-state index contributed by atoms with van der Waals surface area (Å²) in [6, 6.07) is 5.22. The SMILES string of the molecule is CC.O=C(Nc1nc2ccc(F)cc2s1)N1CC=C(c2ncc(C[C@@H](O)CO)cc2F)CC1. The topological polar surface area (TPSA) is 98.6 Å². The number of benzene rings is 1. The second-order valence-corrected chi connectivity index (χ2v) is 8.23. The largest absolute Gasteiger partial charge is 0.394 e. The predicted octanol–water partition coefficient (Wildman–Crippen LogP) is 4.21. The van der Waals surface area contributed by atoms with Crippen molar-refractivity contribution in [1.29, 1.82) is 0 Å². The van der Waals surface area contributed by atoms with E-state index in [1.54, 1.807) is 17.0 Å². The average molecular weight is 477 g/mol. The molecule has 7 nitrogen and oxygen atoms in total. The third-order valence-electron chi connectivity index (χ3n) is 4.94. The van der Waals surface area contributed by atoms with Crippen LogP contribution in [-0.4, -0.2) is 56.9 Å². The molecular formula is C23H26F2N4O3S. The lowest BCUT2D eigenvalue weighted by atomic mass is 10.0. The second kappa shape index (κ2) is 11.3. The molecule has 33 heavy (non-hydrogen) atoms. The van der Waals surface area contributed by atoms with E-state index in [1.807, 2.05) is 13.8 Å². The average Bonchev–Trinajstić information content (AvgIpc) is 3.21. The van der Waals surface area contributed by atoms with E-state index in [0.29, 0.717) is 39.5 Å². The van der Waals surface area contributed by atoms with E-state index in [4.69, 9.17) is 5.11 Å². The quantitative estimate of drug-likeness (QED) is 0.512. The minimum atomic E-state index is -0.956. The number of pyridine rings is 1. The number of rotatable bonds is 5. The predicted molar refractivity (Wildman–Crippen MR) is 125 cm³/mol. The highest BCUT2D eigenvalue weighted by molar-refractivity contribution is 7.22. The summed E-state index contributed by atoms with van der Waals surface area (Å²) in [7, 11) is 0. The van der Waals surface area contributed by atoms with E-state index in [1.165, 1.54) is 35.7 Å². The van der Waals surface area contributed by atoms with Crippen LogP contribution in [-0.2, 0) is 6.42 Å². The number of aliphatic hydroxyl groups excluding tert-OH is 2. The molecule has 1 aliphatic heterocycles. The molecule has 2 amide bonds. The van der Waals surface area contributed by atoms with Crippen LogP contribution in [0.5, 0.6) is 0 Å². The molecule has 0 bridgehead atoms. The summed E-state index contributed by atoms with van der Waals surface area (Å²) >= 11 is 1.19. The van der Waals surface area contributed by atoms with Gasteiger partial charge in [0, 0.05) is 25.7 Å². The van der Waals surface area contributed by atoms with Crippen LogP contribution in [0.1, 0.15) is 31.5 Å². The molecule has 2 aromatic heterocycles. The van der Waals surface area contributed by atoms with E-state index in [2.05, 4.69) is 15.3 Å². The maximum Gasteiger partial charge on any atom is 0.323 e. The van der Waals surface area contributed by atoms with Crippen molar-refractivity contribution in [2.24, 2.45) is 0 Å². The van der Waals surface area contributed by atoms with Crippen LogP contribution < -0.4 is 5.32 Å². The Kier molecular flexibility index (Phi) is 8.43. The first kappa shape index (κ1) is 24.7. The van der Waals surface area contributed by atoms with Gasteiger partial charge < -0.3 is 15.1 Å². The number of nitrogens with one attached hydrogen (secondary N) is 1. The van der Waals surface area contributed by atoms with Crippen molar-refractivity contribution in [3.63, 3.8) is 0 Å². The molecule has 3 N–H and O–H groups in total. The van der Waals surface area contributed by atoms with Crippen LogP contribution in [0.3, 0.4) is 0 Å². The number of urea groups is 1. The third kappa shape index (κ3) is 6.10. The molecular weight excluding hydrogens is 450 g/mol. The molecule has 4 rings (SSSR count). The lowest BCUT2D eigenvalue weighted by molar-refractivity contribution is 0.0954. The summed E-state index contributed by atoms with van der Waals surface area (Å²) in [5, 5.41) is 21.5. The minimum absolute atomic E-state index is 0.117. The Labute approximate surface area is 194 Å². The molecule has 0 spiro atoms. The third-order valence-corrected chi connectivity index (χ3v) is 5.88. The zero-order chi connectivity index (χ0) is 24.0. The molecule has 0 saturated heterocycles. The van der Waals surface area contributed by atoms with Crippen LogP contribution in [0.15, 0.2) is 36.5 Å². The smallest absolute Gasteiger partial charge is 0.323 e. The summed E-state index contributed by atoms with van der Waals surface area (Å²) in [6.45, 7) is 4.26. The highest BCUT2D eigenvalue weighted by Crippen LogP contribution is 2.28. The van der Waals surface area contributed by atoms with E-state index < -0.39 is 18.5 Å². The molecule has 1 atom stereocenters. The molecule has 0 fully saturated rings. The zero-order valence-electron chi connectivity index (χ0n) is 18.4. The van der Waals surface area contributed by atoms with Gasteiger partial charge in [-0.05, 0) is 41.8 Å². The van der Waals surface area contributed by atoms with Crippen molar-refractivity contribution in [3.8, 4) is 0 Å². The van der Waals surface area contributed by atoms with E-state index in [9.17, 15) is 18.7 Å². The molecule has 176 valence electrons. The monoisotopic (exact) mass is 476 g/mol. The van der Waals surface area contributed by atoms with Gasteiger partial charge in [0.1, 0.15) is 17.3 Å². The molecule has 3 aromatic rings. The zero-order valence-corrected chi connectivity index (χ0v) is 19.2. The first-order valence-corrected chi connectivity index (χ1v) is 11.5. The van der Waals surface area contributed by atoms with Crippen molar-refractivity contribution < 1.29 is 23.8 Å². The fourth-order valence-corrected chi connectivity index (χ4v) is 4.23. The number of thiazole rings is 1. The van der Waals surface area contributed by atoms with E-state index in [0.717, 1.165) is 0 Å². The molecule has 0 radical (unpaired) electrons. The maximum absolute atomic E-state index is 14.5. The first-order valence-electron chi connectivity index (χ1n) is 10.7. The second-order valence-electron chi connectivity index (χ2n) is 7.20. The fourth-order valence-electron chi connectivity index (χ4n) is 3.35. The number of carbonyl (C=O) groups excluding carboxylic acids is 1. The number of fused-ring (bicyclic) bond motifs is 1. The van der Waals surface area contributed by atoms with Gasteiger partial charge in [0.25, 0.3) is 0 Å². The Bertz CT molecular complexity index is 1150. The maximum atomic E-state index is 14.5. The van der Waals surface area contributed by atoms with E-state index >= 15 is 0 Å². The van der Waals surface area contributed by atoms with Crippen LogP contribution in [0.2, 0.25) is 0 Å². The fraction of sp³-hybridized carbons (Fsp3) is 0.348. The summed E-state index contributed by atoms with van der Waals surface area (Å²) in [5.41, 5.74) is 2.02. The lowest BCUT2D eigenvalue weighted by Gasteiger charge is -2.26. The number of hydrogen-bond acceptors (Lipinski definition) is 6. The van der Waals surface area contributed by atoms with Crippen LogP contribution in [0.25, 0.3) is 15.8 Å². The van der Waals surface area contributed by atoms with Crippen molar-refractivity contribution in [2.75, 3.05) is 25.0 Å². The number of halogens is 2. The molecule has 0 unspecified atom stereocenters. The van der Waals surface area contributed by atoms with Gasteiger partial charge in [0.15, 0.2) is 5.13 Å². The summed E-state index contributed by atoms with van der Waals surface area (Å²) in [6.07, 6.45) is 2.83. The number of anilines is 1. The molecule has 0 aliphatic carbocycles. The normalized spacial score (nSPS) is 14.4. The summed E-state index contributed by atoms with van der Waals surface area (Å²) in [4.78, 5) is 22.6. The van der Waals surface area contributed by atoms with Gasteiger partial charge in [-0.1, -0.05) is 31.3 Å². The van der Waals surface area contributed by atoms with Gasteiger partial charge in [-0.15, -0.1) is 0 Å². The highest BCUT2D eigenvalue weighted by atomic mass is 32.1. The van der Waals surface area contributed by atoms with Gasteiger partial charge in [-0.3, -0.25) is 10.3 Å². The Morgan fingerprint density at radius 3 is 2.76 bits per heavy atom. The number of aliphatic hydroxyl groups is 2. The summed E-state index contributed by atoms with van der Waals surface area (Å²) < 4.78 is 28.5. The molecule has 3 heterocycles. The number of aromatic nitrogens is 2. The van der Waals surface area contributed by atoms with E-state index in [-0.39, 0.29) is 30.5 Å². The lowest BCUT2D eigenvalue weighted by Crippen LogP contribution is -2.38. The van der Waals surface area contributed by atoms with Gasteiger partial charge in [-0.2, -0.15) is 0 Å². The molecule has 10 heteroatoms. The van der Waals surface area contributed by atoms with Crippen molar-refractivity contribution >= 4 is 38.3 Å². The van der Waals surface area contributed by atoms with Crippen molar-refractivity contribution in [2.45, 2.75) is 32.8 Å². The van der Waals surface area contributed by atoms with Gasteiger partial charge in [0.2, 0.25) is 0 Å². The van der Waals surface area contributed by atoms with Crippen molar-refractivity contribution in [1.82, 2.24) is 14.9 Å². The van der Waals surface area contributed by atoms with Crippen LogP contribution in [0, 0.1) is 11.6 Å². The number of hydrogen-bond donors (Lipinski definition) is 3. The number of nitrogens with zero attached hydrogens (tertiary/aromatic N) is 3. The number of amides is 2. The minimum Gasteiger partial charge on any atom is -0.394 e. The molecule has 1 aromatic carbocycles. The first-order chi connectivity index (χ1) is 15.9. The van der Waals surface area contributed by atoms with Gasteiger partial charge in [-0.25, -0.2) is 18.6 Å². The van der Waals surface area contributed by atoms with Crippen LogP contribution >= 0.6 is 11.3 Å². The van der Waals surface area contributed by atoms with Crippen molar-refractivity contribution in [3.05, 3.63) is 59.4 Å². The number of carbonyl (C=O) groups is 1. The Hall–Kier alpha value is -2.95. The Morgan fingerprint density at radius 1 is 1.30 bits per heavy atom. The molecule has 0 saturated carbocycles. The Balaban J connectivity index is 0.00000149. The summed E-state index contributed by atoms with van der Waals surface area (Å²) in [5.74, 6) is -0.866. The Morgan fingerprint density at radius 2 is 2.09 bits per heavy atom. The molecule has 1 aliphatic rings. The van der Waals surface area contributed by atoms with Crippen LogP contribution in [0.4, 0.5) is 18.7 Å². The van der Waals surface area contributed by atoms with Gasteiger partial charge in [0.05, 0.1) is 22.9 Å².